The standard InChI is InChI=1S/C22H27N7O4/c1-12-17(32-15-5-3-4-14(11-15)21(30)31)9-8-16(23-12)19-20(29(2)28-26-19)24-22-27-25-18(33-22)10-13-6-7-13/h8-9,13-15H,3-7,10-11H2,1-2H3,(H,24,27)(H,30,31)/t14-,15-/m0/s1. The molecular weight excluding hydrogens is 426 g/mol. The van der Waals surface area contributed by atoms with E-state index in [0.717, 1.165) is 19.3 Å². The van der Waals surface area contributed by atoms with E-state index in [9.17, 15) is 9.90 Å². The molecule has 0 bridgehead atoms. The zero-order valence-electron chi connectivity index (χ0n) is 18.7. The Morgan fingerprint density at radius 3 is 2.85 bits per heavy atom. The molecule has 11 heteroatoms. The molecule has 3 heterocycles. The van der Waals surface area contributed by atoms with Crippen molar-refractivity contribution in [2.24, 2.45) is 18.9 Å². The van der Waals surface area contributed by atoms with Crippen LogP contribution >= 0.6 is 0 Å². The minimum absolute atomic E-state index is 0.123. The number of nitrogens with zero attached hydrogens (tertiary/aromatic N) is 6. The molecule has 2 atom stereocenters. The molecule has 2 saturated carbocycles. The van der Waals surface area contributed by atoms with E-state index in [1.165, 1.54) is 12.8 Å². The van der Waals surface area contributed by atoms with E-state index in [4.69, 9.17) is 9.15 Å². The fourth-order valence-corrected chi connectivity index (χ4v) is 4.19. The summed E-state index contributed by atoms with van der Waals surface area (Å²) in [6.45, 7) is 1.86. The lowest BCUT2D eigenvalue weighted by Crippen LogP contribution is -2.29. The number of ether oxygens (including phenoxy) is 1. The van der Waals surface area contributed by atoms with Crippen LogP contribution in [-0.4, -0.2) is 47.4 Å². The molecule has 5 rings (SSSR count). The molecule has 3 aromatic heterocycles. The first-order valence-corrected chi connectivity index (χ1v) is 11.3. The number of aliphatic carboxylic acids is 1. The first-order valence-electron chi connectivity index (χ1n) is 11.3. The second-order valence-corrected chi connectivity index (χ2v) is 8.91. The number of hydrogen-bond acceptors (Lipinski definition) is 9. The minimum Gasteiger partial charge on any atom is -0.489 e. The number of nitrogens with one attached hydrogen (secondary N) is 1. The summed E-state index contributed by atoms with van der Waals surface area (Å²) in [7, 11) is 1.77. The average molecular weight is 454 g/mol. The maximum Gasteiger partial charge on any atom is 0.321 e. The van der Waals surface area contributed by atoms with Crippen molar-refractivity contribution >= 4 is 17.8 Å². The van der Waals surface area contributed by atoms with E-state index >= 15 is 0 Å². The van der Waals surface area contributed by atoms with Gasteiger partial charge in [-0.15, -0.1) is 10.2 Å². The average Bonchev–Trinajstić information content (AvgIpc) is 3.39. The van der Waals surface area contributed by atoms with Gasteiger partial charge in [0.15, 0.2) is 11.5 Å². The number of anilines is 2. The van der Waals surface area contributed by atoms with E-state index in [-0.39, 0.29) is 12.0 Å². The van der Waals surface area contributed by atoms with Gasteiger partial charge in [0, 0.05) is 13.5 Å². The molecule has 0 amide bonds. The molecule has 0 unspecified atom stereocenters. The van der Waals surface area contributed by atoms with Crippen LogP contribution in [0.1, 0.15) is 50.1 Å². The van der Waals surface area contributed by atoms with Gasteiger partial charge in [-0.25, -0.2) is 9.67 Å². The molecule has 2 N–H and O–H groups in total. The van der Waals surface area contributed by atoms with Crippen molar-refractivity contribution in [2.75, 3.05) is 5.32 Å². The smallest absolute Gasteiger partial charge is 0.321 e. The van der Waals surface area contributed by atoms with Gasteiger partial charge in [0.05, 0.1) is 23.4 Å². The Labute approximate surface area is 190 Å². The van der Waals surface area contributed by atoms with Crippen LogP contribution in [0.2, 0.25) is 0 Å². The molecule has 0 aromatic carbocycles. The molecular formula is C22H27N7O4. The molecule has 11 nitrogen and oxygen atoms in total. The predicted molar refractivity (Wildman–Crippen MR) is 117 cm³/mol. The molecule has 0 radical (unpaired) electrons. The number of carbonyl (C=O) groups is 1. The van der Waals surface area contributed by atoms with Crippen LogP contribution in [0.3, 0.4) is 0 Å². The van der Waals surface area contributed by atoms with Gasteiger partial charge < -0.3 is 14.3 Å². The number of aromatic nitrogens is 6. The lowest BCUT2D eigenvalue weighted by Gasteiger charge is -2.27. The van der Waals surface area contributed by atoms with Crippen LogP contribution in [0, 0.1) is 18.8 Å². The predicted octanol–water partition coefficient (Wildman–Crippen LogP) is 3.29. The third-order valence-electron chi connectivity index (χ3n) is 6.23. The Morgan fingerprint density at radius 2 is 2.09 bits per heavy atom. The van der Waals surface area contributed by atoms with Crippen LogP contribution in [0.15, 0.2) is 16.5 Å². The second kappa shape index (κ2) is 8.80. The number of hydrogen-bond donors (Lipinski definition) is 2. The molecule has 3 aromatic rings. The van der Waals surface area contributed by atoms with Gasteiger partial charge >= 0.3 is 12.0 Å². The van der Waals surface area contributed by atoms with Crippen LogP contribution < -0.4 is 10.1 Å². The Balaban J connectivity index is 1.31. The molecule has 0 spiro atoms. The lowest BCUT2D eigenvalue weighted by atomic mass is 9.87. The summed E-state index contributed by atoms with van der Waals surface area (Å²) in [5.41, 5.74) is 1.88. The van der Waals surface area contributed by atoms with Gasteiger partial charge in [-0.05, 0) is 63.5 Å². The minimum atomic E-state index is -0.753. The first kappa shape index (κ1) is 21.4. The van der Waals surface area contributed by atoms with E-state index in [2.05, 4.69) is 30.8 Å². The van der Waals surface area contributed by atoms with Crippen LogP contribution in [0.5, 0.6) is 5.75 Å². The summed E-state index contributed by atoms with van der Waals surface area (Å²) in [6.07, 6.45) is 6.02. The maximum atomic E-state index is 11.3. The normalized spacial score (nSPS) is 20.5. The van der Waals surface area contributed by atoms with Crippen LogP contribution in [-0.2, 0) is 18.3 Å². The molecule has 0 saturated heterocycles. The first-order chi connectivity index (χ1) is 16.0. The van der Waals surface area contributed by atoms with Crippen molar-refractivity contribution in [1.82, 2.24) is 30.2 Å². The lowest BCUT2D eigenvalue weighted by molar-refractivity contribution is -0.143. The zero-order valence-corrected chi connectivity index (χ0v) is 18.7. The monoisotopic (exact) mass is 453 g/mol. The molecule has 0 aliphatic heterocycles. The summed E-state index contributed by atoms with van der Waals surface area (Å²) < 4.78 is 13.4. The molecule has 2 aliphatic carbocycles. The van der Waals surface area contributed by atoms with Crippen molar-refractivity contribution in [3.05, 3.63) is 23.7 Å². The maximum absolute atomic E-state index is 11.3. The van der Waals surface area contributed by atoms with Crippen molar-refractivity contribution in [2.45, 2.75) is 58.0 Å². The highest BCUT2D eigenvalue weighted by Gasteiger charge is 2.29. The molecule has 2 fully saturated rings. The third-order valence-corrected chi connectivity index (χ3v) is 6.23. The summed E-state index contributed by atoms with van der Waals surface area (Å²) >= 11 is 0. The fraction of sp³-hybridized carbons (Fsp3) is 0.545. The molecule has 33 heavy (non-hydrogen) atoms. The van der Waals surface area contributed by atoms with E-state index < -0.39 is 5.97 Å². The topological polar surface area (TPSA) is 141 Å². The Morgan fingerprint density at radius 1 is 1.24 bits per heavy atom. The second-order valence-electron chi connectivity index (χ2n) is 8.91. The Bertz CT molecular complexity index is 1150. The zero-order chi connectivity index (χ0) is 22.9. The van der Waals surface area contributed by atoms with Gasteiger partial charge in [-0.2, -0.15) is 0 Å². The summed E-state index contributed by atoms with van der Waals surface area (Å²) in [5.74, 6) is 1.42. The molecule has 2 aliphatic rings. The van der Waals surface area contributed by atoms with Gasteiger partial charge in [0.2, 0.25) is 5.89 Å². The number of carboxylic acids is 1. The molecule has 174 valence electrons. The third kappa shape index (κ3) is 4.81. The quantitative estimate of drug-likeness (QED) is 0.522. The number of carboxylic acid groups (broad SMARTS) is 1. The van der Waals surface area contributed by atoms with E-state index in [1.54, 1.807) is 11.7 Å². The highest BCUT2D eigenvalue weighted by atomic mass is 16.5. The summed E-state index contributed by atoms with van der Waals surface area (Å²) in [6, 6.07) is 3.96. The number of rotatable bonds is 8. The SMILES string of the molecule is Cc1nc(-c2nnn(C)c2Nc2nnc(CC3CC3)o2)ccc1O[C@H]1CCC[C@H](C(=O)O)C1. The number of aryl methyl sites for hydroxylation is 2. The highest BCUT2D eigenvalue weighted by Crippen LogP contribution is 2.34. The van der Waals surface area contributed by atoms with Crippen molar-refractivity contribution in [3.8, 4) is 17.1 Å². The summed E-state index contributed by atoms with van der Waals surface area (Å²) in [4.78, 5) is 16.0. The van der Waals surface area contributed by atoms with Crippen molar-refractivity contribution < 1.29 is 19.1 Å². The van der Waals surface area contributed by atoms with E-state index in [1.807, 2.05) is 19.1 Å². The Kier molecular flexibility index (Phi) is 5.69. The van der Waals surface area contributed by atoms with Crippen molar-refractivity contribution in [3.63, 3.8) is 0 Å². The fourth-order valence-electron chi connectivity index (χ4n) is 4.19. The largest absolute Gasteiger partial charge is 0.489 e. The summed E-state index contributed by atoms with van der Waals surface area (Å²) in [5, 5.41) is 29.0. The number of pyridine rings is 1. The van der Waals surface area contributed by atoms with Crippen LogP contribution in [0.4, 0.5) is 11.8 Å². The van der Waals surface area contributed by atoms with Gasteiger partial charge in [-0.3, -0.25) is 10.1 Å². The van der Waals surface area contributed by atoms with Gasteiger partial charge in [0.1, 0.15) is 5.75 Å². The van der Waals surface area contributed by atoms with Crippen molar-refractivity contribution in [1.29, 1.82) is 0 Å². The van der Waals surface area contributed by atoms with Crippen LogP contribution in [0.25, 0.3) is 11.4 Å². The van der Waals surface area contributed by atoms with Gasteiger partial charge in [0.25, 0.3) is 0 Å². The Hall–Kier alpha value is -3.50. The highest BCUT2D eigenvalue weighted by molar-refractivity contribution is 5.71. The van der Waals surface area contributed by atoms with Gasteiger partial charge in [-0.1, -0.05) is 10.3 Å². The van der Waals surface area contributed by atoms with E-state index in [0.29, 0.717) is 59.3 Å².